The molecule has 0 aliphatic carbocycles. The Balaban J connectivity index is 2.07. The van der Waals surface area contributed by atoms with Gasteiger partial charge in [0.25, 0.3) is 0 Å². The summed E-state index contributed by atoms with van der Waals surface area (Å²) in [4.78, 5) is 10.2. The van der Waals surface area contributed by atoms with Crippen molar-refractivity contribution in [1.82, 2.24) is 5.32 Å². The average molecular weight is 223 g/mol. The molecule has 0 saturated carbocycles. The average Bonchev–Trinajstić information content (AvgIpc) is 2.25. The van der Waals surface area contributed by atoms with E-state index >= 15 is 0 Å². The summed E-state index contributed by atoms with van der Waals surface area (Å²) in [6, 6.07) is 7.03. The van der Waals surface area contributed by atoms with Crippen molar-refractivity contribution in [2.45, 2.75) is 25.8 Å². The van der Waals surface area contributed by atoms with E-state index in [1.54, 1.807) is 12.1 Å². The van der Waals surface area contributed by atoms with Gasteiger partial charge in [-0.1, -0.05) is 12.1 Å². The number of benzene rings is 1. The van der Waals surface area contributed by atoms with E-state index in [9.17, 15) is 4.79 Å². The Kier molecular flexibility index (Phi) is 5.36. The zero-order chi connectivity index (χ0) is 11.8. The van der Waals surface area contributed by atoms with Crippen molar-refractivity contribution in [3.63, 3.8) is 0 Å². The summed E-state index contributed by atoms with van der Waals surface area (Å²) in [5, 5.41) is 20.7. The number of hydrogen-bond donors (Lipinski definition) is 3. The van der Waals surface area contributed by atoms with Crippen molar-refractivity contribution < 1.29 is 15.0 Å². The fraction of sp³-hybridized carbons (Fsp3) is 0.417. The Morgan fingerprint density at radius 3 is 2.50 bits per heavy atom. The Morgan fingerprint density at radius 2 is 1.88 bits per heavy atom. The van der Waals surface area contributed by atoms with E-state index in [1.165, 1.54) is 0 Å². The minimum atomic E-state index is -0.737. The van der Waals surface area contributed by atoms with Crippen LogP contribution in [0.3, 0.4) is 0 Å². The van der Waals surface area contributed by atoms with Gasteiger partial charge in [0.05, 0.1) is 0 Å². The number of carbonyl (C=O) groups is 1. The highest BCUT2D eigenvalue weighted by atomic mass is 16.4. The zero-order valence-electron chi connectivity index (χ0n) is 9.15. The van der Waals surface area contributed by atoms with Gasteiger partial charge < -0.3 is 15.5 Å². The molecule has 0 atom stereocenters. The van der Waals surface area contributed by atoms with Crippen molar-refractivity contribution in [1.29, 1.82) is 0 Å². The van der Waals surface area contributed by atoms with Crippen molar-refractivity contribution in [2.75, 3.05) is 6.54 Å². The van der Waals surface area contributed by atoms with Gasteiger partial charge in [-0.05, 0) is 37.1 Å². The molecule has 1 aromatic carbocycles. The number of aromatic hydroxyl groups is 1. The predicted molar refractivity (Wildman–Crippen MR) is 61.3 cm³/mol. The van der Waals surface area contributed by atoms with Crippen molar-refractivity contribution in [2.24, 2.45) is 0 Å². The highest BCUT2D eigenvalue weighted by Gasteiger charge is 1.96. The molecule has 3 N–H and O–H groups in total. The Hall–Kier alpha value is -1.55. The third-order valence-corrected chi connectivity index (χ3v) is 2.26. The van der Waals surface area contributed by atoms with Crippen LogP contribution in [0.1, 0.15) is 24.8 Å². The van der Waals surface area contributed by atoms with E-state index < -0.39 is 5.97 Å². The van der Waals surface area contributed by atoms with Crippen LogP contribution >= 0.6 is 0 Å². The Morgan fingerprint density at radius 1 is 1.19 bits per heavy atom. The molecular formula is C12H17NO3. The lowest BCUT2D eigenvalue weighted by atomic mass is 10.2. The van der Waals surface area contributed by atoms with Crippen molar-refractivity contribution in [3.8, 4) is 5.75 Å². The van der Waals surface area contributed by atoms with Gasteiger partial charge >= 0.3 is 5.97 Å². The number of phenolic OH excluding ortho intramolecular Hbond substituents is 1. The number of aliphatic carboxylic acids is 1. The molecule has 0 amide bonds. The number of carboxylic acids is 1. The second kappa shape index (κ2) is 6.85. The maximum atomic E-state index is 10.2. The van der Waals surface area contributed by atoms with Gasteiger partial charge in [0.2, 0.25) is 0 Å². The fourth-order valence-corrected chi connectivity index (χ4v) is 1.37. The van der Waals surface area contributed by atoms with Gasteiger partial charge in [-0.25, -0.2) is 0 Å². The van der Waals surface area contributed by atoms with Crippen LogP contribution in [0.4, 0.5) is 0 Å². The summed E-state index contributed by atoms with van der Waals surface area (Å²) in [5.74, 6) is -0.469. The molecule has 0 aliphatic heterocycles. The van der Waals surface area contributed by atoms with Crippen LogP contribution in [0.25, 0.3) is 0 Å². The van der Waals surface area contributed by atoms with Crippen LogP contribution in [0.15, 0.2) is 24.3 Å². The van der Waals surface area contributed by atoms with Crippen LogP contribution in [-0.4, -0.2) is 22.7 Å². The SMILES string of the molecule is O=C(O)CCCCNCc1ccc(O)cc1. The van der Waals surface area contributed by atoms with E-state index in [4.69, 9.17) is 10.2 Å². The number of hydrogen-bond acceptors (Lipinski definition) is 3. The summed E-state index contributed by atoms with van der Waals surface area (Å²) in [5.41, 5.74) is 1.11. The normalized spacial score (nSPS) is 10.2. The molecule has 0 bridgehead atoms. The smallest absolute Gasteiger partial charge is 0.303 e. The maximum absolute atomic E-state index is 10.2. The number of carboxylic acid groups (broad SMARTS) is 1. The van der Waals surface area contributed by atoms with Crippen molar-refractivity contribution in [3.05, 3.63) is 29.8 Å². The van der Waals surface area contributed by atoms with Crippen LogP contribution in [0, 0.1) is 0 Å². The molecule has 0 aromatic heterocycles. The van der Waals surface area contributed by atoms with Gasteiger partial charge in [0.1, 0.15) is 5.75 Å². The third-order valence-electron chi connectivity index (χ3n) is 2.26. The zero-order valence-corrected chi connectivity index (χ0v) is 9.15. The third kappa shape index (κ3) is 5.36. The lowest BCUT2D eigenvalue weighted by Gasteiger charge is -2.04. The lowest BCUT2D eigenvalue weighted by molar-refractivity contribution is -0.137. The first-order chi connectivity index (χ1) is 7.68. The lowest BCUT2D eigenvalue weighted by Crippen LogP contribution is -2.14. The van der Waals surface area contributed by atoms with Crippen LogP contribution < -0.4 is 5.32 Å². The highest BCUT2D eigenvalue weighted by Crippen LogP contribution is 2.09. The summed E-state index contributed by atoms with van der Waals surface area (Å²) in [6.07, 6.45) is 1.81. The van der Waals surface area contributed by atoms with Gasteiger partial charge in [0.15, 0.2) is 0 Å². The molecule has 4 heteroatoms. The monoisotopic (exact) mass is 223 g/mol. The molecule has 88 valence electrons. The highest BCUT2D eigenvalue weighted by molar-refractivity contribution is 5.66. The first kappa shape index (κ1) is 12.5. The summed E-state index contributed by atoms with van der Waals surface area (Å²) in [7, 11) is 0. The first-order valence-corrected chi connectivity index (χ1v) is 5.39. The van der Waals surface area contributed by atoms with E-state index in [1.807, 2.05) is 12.1 Å². The molecule has 0 fully saturated rings. The summed E-state index contributed by atoms with van der Waals surface area (Å²) in [6.45, 7) is 1.56. The maximum Gasteiger partial charge on any atom is 0.303 e. The molecule has 1 aromatic rings. The number of nitrogens with one attached hydrogen (secondary N) is 1. The molecule has 0 saturated heterocycles. The Labute approximate surface area is 94.9 Å². The molecule has 1 rings (SSSR count). The van der Waals surface area contributed by atoms with Crippen LogP contribution in [0.2, 0.25) is 0 Å². The minimum Gasteiger partial charge on any atom is -0.508 e. The first-order valence-electron chi connectivity index (χ1n) is 5.39. The van der Waals surface area contributed by atoms with Gasteiger partial charge in [-0.2, -0.15) is 0 Å². The van der Waals surface area contributed by atoms with Crippen LogP contribution in [-0.2, 0) is 11.3 Å². The van der Waals surface area contributed by atoms with E-state index in [0.717, 1.165) is 25.1 Å². The largest absolute Gasteiger partial charge is 0.508 e. The van der Waals surface area contributed by atoms with E-state index in [2.05, 4.69) is 5.32 Å². The quantitative estimate of drug-likeness (QED) is 0.616. The molecular weight excluding hydrogens is 206 g/mol. The second-order valence-corrected chi connectivity index (χ2v) is 3.69. The van der Waals surface area contributed by atoms with Crippen molar-refractivity contribution >= 4 is 5.97 Å². The molecule has 0 radical (unpaired) electrons. The van der Waals surface area contributed by atoms with Gasteiger partial charge in [-0.3, -0.25) is 4.79 Å². The van der Waals surface area contributed by atoms with Crippen LogP contribution in [0.5, 0.6) is 5.75 Å². The fourth-order valence-electron chi connectivity index (χ4n) is 1.37. The summed E-state index contributed by atoms with van der Waals surface area (Å²) < 4.78 is 0. The molecule has 4 nitrogen and oxygen atoms in total. The van der Waals surface area contributed by atoms with Gasteiger partial charge in [0, 0.05) is 13.0 Å². The van der Waals surface area contributed by atoms with Gasteiger partial charge in [-0.15, -0.1) is 0 Å². The number of unbranched alkanes of at least 4 members (excludes halogenated alkanes) is 1. The second-order valence-electron chi connectivity index (χ2n) is 3.69. The predicted octanol–water partition coefficient (Wildman–Crippen LogP) is 1.74. The number of rotatable bonds is 7. The van der Waals surface area contributed by atoms with E-state index in [0.29, 0.717) is 6.42 Å². The minimum absolute atomic E-state index is 0.237. The molecule has 0 unspecified atom stereocenters. The topological polar surface area (TPSA) is 69.6 Å². The number of phenols is 1. The van der Waals surface area contributed by atoms with E-state index in [-0.39, 0.29) is 12.2 Å². The molecule has 0 heterocycles. The molecule has 0 spiro atoms. The summed E-state index contributed by atoms with van der Waals surface area (Å²) >= 11 is 0. The molecule has 0 aliphatic rings. The Bertz CT molecular complexity index is 322. The molecule has 16 heavy (non-hydrogen) atoms. The standard InChI is InChI=1S/C12H17NO3/c14-11-6-4-10(5-7-11)9-13-8-2-1-3-12(15)16/h4-7,13-14H,1-3,8-9H2,(H,15,16).